The van der Waals surface area contributed by atoms with Crippen molar-refractivity contribution < 1.29 is 0 Å². The molecule has 0 N–H and O–H groups in total. The van der Waals surface area contributed by atoms with Gasteiger partial charge in [-0.3, -0.25) is 9.29 Å². The third-order valence-corrected chi connectivity index (χ3v) is 14.0. The molecule has 3 nitrogen and oxygen atoms in total. The van der Waals surface area contributed by atoms with E-state index in [9.17, 15) is 0 Å². The van der Waals surface area contributed by atoms with Crippen LogP contribution >= 0.6 is 10.7 Å². The predicted molar refractivity (Wildman–Crippen MR) is 261 cm³/mol. The first-order valence-corrected chi connectivity index (χ1v) is 21.9. The van der Waals surface area contributed by atoms with Gasteiger partial charge in [0.25, 0.3) is 0 Å². The maximum atomic E-state index is 5.18. The van der Waals surface area contributed by atoms with Crippen molar-refractivity contribution in [1.82, 2.24) is 9.97 Å². The van der Waals surface area contributed by atoms with Crippen LogP contribution in [0.4, 0.5) is 11.4 Å². The quantitative estimate of drug-likeness (QED) is 0.124. The minimum absolute atomic E-state index is 0.207. The lowest BCUT2D eigenvalue weighted by Crippen LogP contribution is -2.06. The molecule has 3 heterocycles. The number of rotatable bonds is 6. The molecule has 4 heteroatoms. The summed E-state index contributed by atoms with van der Waals surface area (Å²) in [5.74, 6) is 0. The molecule has 1 aromatic heterocycles. The molecule has 10 aromatic rings. The summed E-state index contributed by atoms with van der Waals surface area (Å²) < 4.78 is 2.49. The molecule has 0 amide bonds. The van der Waals surface area contributed by atoms with Gasteiger partial charge in [0.15, 0.2) is 0 Å². The van der Waals surface area contributed by atoms with E-state index in [2.05, 4.69) is 222 Å². The van der Waals surface area contributed by atoms with Crippen LogP contribution in [-0.2, 0) is 0 Å². The summed E-state index contributed by atoms with van der Waals surface area (Å²) in [4.78, 5) is 11.5. The second kappa shape index (κ2) is 14.6. The summed E-state index contributed by atoms with van der Waals surface area (Å²) in [6.45, 7) is 0. The third-order valence-electron chi connectivity index (χ3n) is 12.1. The van der Waals surface area contributed by atoms with Crippen LogP contribution in [0.5, 0.6) is 0 Å². The van der Waals surface area contributed by atoms with Gasteiger partial charge >= 0.3 is 0 Å². The van der Waals surface area contributed by atoms with E-state index in [1.54, 1.807) is 0 Å². The van der Waals surface area contributed by atoms with Crippen molar-refractivity contribution in [2.24, 2.45) is 0 Å². The van der Waals surface area contributed by atoms with E-state index in [1.165, 1.54) is 77.1 Å². The molecule has 12 rings (SSSR count). The maximum absolute atomic E-state index is 5.18. The van der Waals surface area contributed by atoms with E-state index in [0.717, 1.165) is 33.1 Å². The van der Waals surface area contributed by atoms with E-state index >= 15 is 0 Å². The van der Waals surface area contributed by atoms with Gasteiger partial charge in [-0.05, 0) is 91.0 Å². The van der Waals surface area contributed by atoms with E-state index in [-0.39, 0.29) is 10.7 Å². The summed E-state index contributed by atoms with van der Waals surface area (Å²) in [5, 5.41) is 7.05. The molecule has 2 aliphatic rings. The lowest BCUT2D eigenvalue weighted by molar-refractivity contribution is 1.31. The van der Waals surface area contributed by atoms with Crippen molar-refractivity contribution in [3.63, 3.8) is 0 Å². The van der Waals surface area contributed by atoms with Crippen LogP contribution in [0.1, 0.15) is 11.1 Å². The largest absolute Gasteiger partial charge is 0.286 e. The smallest absolute Gasteiger partial charge is 0.0979 e. The number of benzene rings is 9. The summed E-state index contributed by atoms with van der Waals surface area (Å²) in [7, 11) is -0.207. The predicted octanol–water partition coefficient (Wildman–Crippen LogP) is 15.2. The second-order valence-corrected chi connectivity index (χ2v) is 17.3. The highest BCUT2D eigenvalue weighted by atomic mass is 32.2. The molecule has 9 aromatic carbocycles. The fourth-order valence-electron chi connectivity index (χ4n) is 8.93. The van der Waals surface area contributed by atoms with E-state index < -0.39 is 0 Å². The lowest BCUT2D eigenvalue weighted by Gasteiger charge is -2.24. The zero-order valence-electron chi connectivity index (χ0n) is 33.1. The van der Waals surface area contributed by atoms with Gasteiger partial charge in [-0.2, -0.15) is 0 Å². The zero-order chi connectivity index (χ0) is 40.3. The molecule has 286 valence electrons. The van der Waals surface area contributed by atoms with Gasteiger partial charge in [-0.15, -0.1) is 0 Å². The second-order valence-electron chi connectivity index (χ2n) is 15.6. The van der Waals surface area contributed by atoms with E-state index in [4.69, 9.17) is 9.97 Å². The van der Waals surface area contributed by atoms with Crippen LogP contribution in [0.2, 0.25) is 0 Å². The Morgan fingerprint density at radius 2 is 0.869 bits per heavy atom. The number of aromatic nitrogens is 2. The molecule has 1 unspecified atom stereocenters. The topological polar surface area (TPSA) is 29.0 Å². The van der Waals surface area contributed by atoms with Crippen molar-refractivity contribution >= 4 is 70.5 Å². The van der Waals surface area contributed by atoms with Crippen LogP contribution < -0.4 is 4.31 Å². The van der Waals surface area contributed by atoms with E-state index in [1.807, 2.05) is 6.20 Å². The van der Waals surface area contributed by atoms with Crippen LogP contribution in [0, 0.1) is 0 Å². The first-order chi connectivity index (χ1) is 30.2. The van der Waals surface area contributed by atoms with Crippen LogP contribution in [0.15, 0.2) is 219 Å². The first kappa shape index (κ1) is 35.3. The number of hydrogen-bond acceptors (Lipinski definition) is 3. The van der Waals surface area contributed by atoms with Gasteiger partial charge in [-0.1, -0.05) is 193 Å². The minimum Gasteiger partial charge on any atom is -0.286 e. The highest BCUT2D eigenvalue weighted by Gasteiger charge is 2.30. The molecular weight excluding hydrogens is 759 g/mol. The Morgan fingerprint density at radius 1 is 0.393 bits per heavy atom. The van der Waals surface area contributed by atoms with Gasteiger partial charge in [0.2, 0.25) is 0 Å². The highest BCUT2D eigenvalue weighted by molar-refractivity contribution is 8.25. The SMILES string of the molecule is C1=C(c2ccc(-c3ccc(-c4ccc(-c5cnc6c7ccccc7c7ccccc7c6n5)cc4)cc3)cc2)C=C2c3ccccc3N(c3ccc(-c4ccccc4)cc3)S2=C1. The van der Waals surface area contributed by atoms with Gasteiger partial charge in [-0.25, -0.2) is 4.98 Å². The van der Waals surface area contributed by atoms with Crippen molar-refractivity contribution in [1.29, 1.82) is 0 Å². The highest BCUT2D eigenvalue weighted by Crippen LogP contribution is 2.56. The maximum Gasteiger partial charge on any atom is 0.0979 e. The fourth-order valence-corrected chi connectivity index (χ4v) is 11.0. The van der Waals surface area contributed by atoms with Crippen molar-refractivity contribution in [2.45, 2.75) is 0 Å². The Hall–Kier alpha value is -7.66. The number of allylic oxidation sites excluding steroid dienone is 3. The van der Waals surface area contributed by atoms with Gasteiger partial charge in [0.1, 0.15) is 0 Å². The Bertz CT molecular complexity index is 3390. The number of anilines is 2. The van der Waals surface area contributed by atoms with Crippen LogP contribution in [-0.4, -0.2) is 15.3 Å². The molecule has 0 radical (unpaired) electrons. The molecule has 0 saturated carbocycles. The minimum atomic E-state index is -0.207. The standard InChI is InChI=1S/C57H37N3S/c1-2-10-38(11-3-1)43-30-32-47(33-31-43)60-54-17-9-8-16-52(54)55-36-46(34-35-61(55)60)44-24-22-41(23-25-44)39-18-20-40(21-19-39)42-26-28-45(29-27-42)53-37-58-56-50-14-6-4-12-48(50)49-13-5-7-15-51(49)57(56)59-53/h1-37H. The molecule has 2 aliphatic heterocycles. The number of nitrogens with zero attached hydrogens (tertiary/aromatic N) is 3. The number of fused-ring (bicyclic) bond motifs is 9. The summed E-state index contributed by atoms with van der Waals surface area (Å²) in [6.07, 6.45) is 6.60. The van der Waals surface area contributed by atoms with E-state index in [0.29, 0.717) is 0 Å². The summed E-state index contributed by atoms with van der Waals surface area (Å²) in [5.41, 5.74) is 17.2. The molecular formula is C57H37N3S. The molecule has 0 saturated heterocycles. The Labute approximate surface area is 357 Å². The average molecular weight is 796 g/mol. The molecule has 0 bridgehead atoms. The Kier molecular flexibility index (Phi) is 8.43. The molecule has 0 aliphatic carbocycles. The molecule has 1 atom stereocenters. The first-order valence-electron chi connectivity index (χ1n) is 20.7. The average Bonchev–Trinajstić information content (AvgIpc) is 3.68. The van der Waals surface area contributed by atoms with Gasteiger partial charge < -0.3 is 0 Å². The Balaban J connectivity index is 0.780. The van der Waals surface area contributed by atoms with Crippen LogP contribution in [0.3, 0.4) is 0 Å². The monoisotopic (exact) mass is 795 g/mol. The lowest BCUT2D eigenvalue weighted by atomic mass is 9.97. The van der Waals surface area contributed by atoms with Crippen molar-refractivity contribution in [3.8, 4) is 44.6 Å². The fraction of sp³-hybridized carbons (Fsp3) is 0. The summed E-state index contributed by atoms with van der Waals surface area (Å²) in [6, 6.07) is 71.9. The van der Waals surface area contributed by atoms with Crippen molar-refractivity contribution in [3.05, 3.63) is 230 Å². The molecule has 0 spiro atoms. The third kappa shape index (κ3) is 6.11. The molecule has 61 heavy (non-hydrogen) atoms. The van der Waals surface area contributed by atoms with Crippen LogP contribution in [0.25, 0.3) is 87.7 Å². The van der Waals surface area contributed by atoms with Gasteiger partial charge in [0, 0.05) is 26.8 Å². The normalized spacial score (nSPS) is 14.4. The number of para-hydroxylation sites is 1. The Morgan fingerprint density at radius 3 is 1.49 bits per heavy atom. The zero-order valence-corrected chi connectivity index (χ0v) is 33.9. The summed E-state index contributed by atoms with van der Waals surface area (Å²) >= 11 is 0. The van der Waals surface area contributed by atoms with Crippen molar-refractivity contribution in [2.75, 3.05) is 4.31 Å². The van der Waals surface area contributed by atoms with Gasteiger partial charge in [0.05, 0.1) is 34.3 Å². The number of hydrogen-bond donors (Lipinski definition) is 0. The molecule has 0 fully saturated rings.